The summed E-state index contributed by atoms with van der Waals surface area (Å²) in [6, 6.07) is 12.6. The largest absolute Gasteiger partial charge is 0.530 e. The number of aryl methyl sites for hydroxylation is 1. The van der Waals surface area contributed by atoms with E-state index in [9.17, 15) is 22.6 Å². The first kappa shape index (κ1) is 30.5. The van der Waals surface area contributed by atoms with Crippen molar-refractivity contribution < 1.29 is 31.3 Å². The minimum Gasteiger partial charge on any atom is -0.404 e. The smallest absolute Gasteiger partial charge is 0.404 e. The highest BCUT2D eigenvalue weighted by atomic mass is 35.5. The molecule has 14 nitrogen and oxygen atoms in total. The standard InChI is InChI=1S/C24H25ClN5O9PS/c1-16-14-30(24(32)27-23(16)31)22-13-20(28-29-26)21(38-22)15-37-40(33,39-18-9-7-17(25)8-10-18)36-11-12-41(34,35)19-5-3-2-4-6-19/h2-10,14,20-22H,11-13,15H2,1H3,(H,27,31,32)/t20-,21+,22+,40?/m0/s1. The van der Waals surface area contributed by atoms with E-state index in [4.69, 9.17) is 35.4 Å². The Morgan fingerprint density at radius 3 is 2.56 bits per heavy atom. The van der Waals surface area contributed by atoms with Crippen LogP contribution in [-0.2, 0) is 28.2 Å². The Bertz CT molecular complexity index is 1690. The molecular weight excluding hydrogens is 601 g/mol. The monoisotopic (exact) mass is 625 g/mol. The van der Waals surface area contributed by atoms with Gasteiger partial charge in [-0.05, 0) is 48.9 Å². The molecule has 0 aliphatic carbocycles. The molecule has 0 bridgehead atoms. The van der Waals surface area contributed by atoms with Gasteiger partial charge in [-0.15, -0.1) is 0 Å². The van der Waals surface area contributed by atoms with Gasteiger partial charge in [-0.3, -0.25) is 23.4 Å². The molecule has 0 spiro atoms. The van der Waals surface area contributed by atoms with Gasteiger partial charge < -0.3 is 9.26 Å². The number of rotatable bonds is 12. The molecule has 4 rings (SSSR count). The van der Waals surface area contributed by atoms with Gasteiger partial charge in [0.1, 0.15) is 12.0 Å². The number of phosphoric acid groups is 1. The van der Waals surface area contributed by atoms with Crippen molar-refractivity contribution in [2.75, 3.05) is 19.0 Å². The Morgan fingerprint density at radius 2 is 1.88 bits per heavy atom. The van der Waals surface area contributed by atoms with Gasteiger partial charge in [0, 0.05) is 28.1 Å². The molecule has 2 aromatic carbocycles. The highest BCUT2D eigenvalue weighted by Gasteiger charge is 2.39. The van der Waals surface area contributed by atoms with Crippen LogP contribution in [0.3, 0.4) is 0 Å². The van der Waals surface area contributed by atoms with Crippen molar-refractivity contribution in [2.24, 2.45) is 5.11 Å². The van der Waals surface area contributed by atoms with E-state index < -0.39 is 66.2 Å². The number of azide groups is 1. The zero-order valence-electron chi connectivity index (χ0n) is 21.5. The van der Waals surface area contributed by atoms with Crippen molar-refractivity contribution in [1.82, 2.24) is 9.55 Å². The van der Waals surface area contributed by atoms with E-state index in [0.717, 1.165) is 4.57 Å². The summed E-state index contributed by atoms with van der Waals surface area (Å²) in [6.07, 6.45) is -0.584. The molecule has 1 saturated heterocycles. The first-order chi connectivity index (χ1) is 19.5. The molecule has 4 atom stereocenters. The van der Waals surface area contributed by atoms with Crippen LogP contribution in [0.25, 0.3) is 10.4 Å². The van der Waals surface area contributed by atoms with Crippen LogP contribution in [0.15, 0.2) is 80.4 Å². The molecular formula is C24H25ClN5O9PS. The molecule has 1 aliphatic heterocycles. The molecule has 2 heterocycles. The molecule has 0 saturated carbocycles. The highest BCUT2D eigenvalue weighted by Crippen LogP contribution is 2.50. The molecule has 17 heteroatoms. The van der Waals surface area contributed by atoms with E-state index in [-0.39, 0.29) is 22.6 Å². The summed E-state index contributed by atoms with van der Waals surface area (Å²) in [6.45, 7) is 0.491. The second-order valence-corrected chi connectivity index (χ2v) is 13.0. The topological polar surface area (TPSA) is 192 Å². The summed E-state index contributed by atoms with van der Waals surface area (Å²) >= 11 is 5.91. The summed E-state index contributed by atoms with van der Waals surface area (Å²) in [5.41, 5.74) is 8.02. The number of phosphoric ester groups is 1. The summed E-state index contributed by atoms with van der Waals surface area (Å²) in [5, 5.41) is 4.08. The number of aromatic amines is 1. The number of ether oxygens (including phenoxy) is 1. The van der Waals surface area contributed by atoms with Gasteiger partial charge in [0.05, 0.1) is 36.0 Å². The Hall–Kier alpha value is -3.42. The first-order valence-corrected chi connectivity index (χ1v) is 15.6. The SMILES string of the molecule is Cc1cn([C@H]2C[C@H](N=[N+]=[N-])[C@@H](COP(=O)(OCCS(=O)(=O)c3ccccc3)Oc3ccc(Cl)cc3)O2)c(=O)[nH]c1=O. The fourth-order valence-electron chi connectivity index (χ4n) is 3.91. The quantitative estimate of drug-likeness (QED) is 0.133. The lowest BCUT2D eigenvalue weighted by atomic mass is 10.1. The molecule has 0 amide bonds. The van der Waals surface area contributed by atoms with Gasteiger partial charge in [0.2, 0.25) is 0 Å². The fourth-order valence-corrected chi connectivity index (χ4v) is 6.47. The number of sulfone groups is 1. The average molecular weight is 626 g/mol. The zero-order valence-corrected chi connectivity index (χ0v) is 24.0. The van der Waals surface area contributed by atoms with E-state index >= 15 is 0 Å². The molecule has 1 unspecified atom stereocenters. The summed E-state index contributed by atoms with van der Waals surface area (Å²) in [5.74, 6) is -0.456. The molecule has 1 aromatic heterocycles. The van der Waals surface area contributed by atoms with Crippen molar-refractivity contribution in [2.45, 2.75) is 36.6 Å². The van der Waals surface area contributed by atoms with E-state index in [1.165, 1.54) is 49.5 Å². The Labute approximate surface area is 238 Å². The van der Waals surface area contributed by atoms with Gasteiger partial charge in [0.15, 0.2) is 9.84 Å². The van der Waals surface area contributed by atoms with Gasteiger partial charge in [-0.2, -0.15) is 0 Å². The van der Waals surface area contributed by atoms with Crippen LogP contribution in [-0.4, -0.2) is 49.1 Å². The van der Waals surface area contributed by atoms with Crippen LogP contribution in [0.1, 0.15) is 18.2 Å². The third-order valence-corrected chi connectivity index (χ3v) is 9.34. The maximum atomic E-state index is 13.7. The molecule has 3 aromatic rings. The third kappa shape index (κ3) is 7.86. The van der Waals surface area contributed by atoms with Crippen molar-refractivity contribution >= 4 is 29.3 Å². The second-order valence-electron chi connectivity index (χ2n) is 8.87. The number of nitrogens with one attached hydrogen (secondary N) is 1. The Balaban J connectivity index is 1.51. The summed E-state index contributed by atoms with van der Waals surface area (Å²) in [4.78, 5) is 29.1. The molecule has 0 radical (unpaired) electrons. The van der Waals surface area contributed by atoms with Gasteiger partial charge in [0.25, 0.3) is 5.56 Å². The normalized spacial score (nSPS) is 20.2. The molecule has 1 N–H and O–H groups in total. The molecule has 1 aliphatic rings. The van der Waals surface area contributed by atoms with E-state index in [2.05, 4.69) is 15.0 Å². The maximum Gasteiger partial charge on any atom is 0.530 e. The van der Waals surface area contributed by atoms with Crippen LogP contribution in [0.2, 0.25) is 5.02 Å². The van der Waals surface area contributed by atoms with Crippen LogP contribution >= 0.6 is 19.4 Å². The number of aromatic nitrogens is 2. The lowest BCUT2D eigenvalue weighted by Gasteiger charge is -2.22. The first-order valence-electron chi connectivity index (χ1n) is 12.1. The maximum absolute atomic E-state index is 13.7. The highest BCUT2D eigenvalue weighted by molar-refractivity contribution is 7.91. The van der Waals surface area contributed by atoms with E-state index in [1.807, 2.05) is 0 Å². The summed E-state index contributed by atoms with van der Waals surface area (Å²) < 4.78 is 62.4. The number of benzene rings is 2. The van der Waals surface area contributed by atoms with Crippen molar-refractivity contribution in [3.8, 4) is 5.75 Å². The lowest BCUT2D eigenvalue weighted by molar-refractivity contribution is -0.0277. The van der Waals surface area contributed by atoms with Gasteiger partial charge >= 0.3 is 13.5 Å². The van der Waals surface area contributed by atoms with E-state index in [0.29, 0.717) is 5.02 Å². The van der Waals surface area contributed by atoms with Crippen molar-refractivity contribution in [3.05, 3.63) is 103 Å². The number of halogens is 1. The van der Waals surface area contributed by atoms with Crippen molar-refractivity contribution in [1.29, 1.82) is 0 Å². The number of nitrogens with zero attached hydrogens (tertiary/aromatic N) is 4. The minimum absolute atomic E-state index is 0.0436. The van der Waals surface area contributed by atoms with Crippen LogP contribution < -0.4 is 15.8 Å². The average Bonchev–Trinajstić information content (AvgIpc) is 3.34. The number of hydrogen-bond acceptors (Lipinski definition) is 10. The number of hydrogen-bond donors (Lipinski definition) is 1. The molecule has 1 fully saturated rings. The predicted octanol–water partition coefficient (Wildman–Crippen LogP) is 4.16. The van der Waals surface area contributed by atoms with E-state index in [1.54, 1.807) is 18.2 Å². The fraction of sp³-hybridized carbons (Fsp3) is 0.333. The molecule has 41 heavy (non-hydrogen) atoms. The second kappa shape index (κ2) is 13.0. The van der Waals surface area contributed by atoms with Crippen LogP contribution in [0.4, 0.5) is 0 Å². The Kier molecular flexibility index (Phi) is 9.72. The summed E-state index contributed by atoms with van der Waals surface area (Å²) in [7, 11) is -8.25. The third-order valence-electron chi connectivity index (χ3n) is 5.99. The van der Waals surface area contributed by atoms with Crippen molar-refractivity contribution in [3.63, 3.8) is 0 Å². The van der Waals surface area contributed by atoms with Crippen LogP contribution in [0, 0.1) is 6.92 Å². The zero-order chi connectivity index (χ0) is 29.6. The number of H-pyrrole nitrogens is 1. The molecule has 218 valence electrons. The Morgan fingerprint density at radius 1 is 1.17 bits per heavy atom. The van der Waals surface area contributed by atoms with Crippen LogP contribution in [0.5, 0.6) is 5.75 Å². The van der Waals surface area contributed by atoms with Gasteiger partial charge in [-0.25, -0.2) is 17.8 Å². The van der Waals surface area contributed by atoms with Gasteiger partial charge in [-0.1, -0.05) is 34.9 Å². The minimum atomic E-state index is -4.49. The predicted molar refractivity (Wildman–Crippen MR) is 148 cm³/mol. The lowest BCUT2D eigenvalue weighted by Crippen LogP contribution is -2.33.